The van der Waals surface area contributed by atoms with Crippen LogP contribution in [0.4, 0.5) is 0 Å². The van der Waals surface area contributed by atoms with Crippen molar-refractivity contribution in [3.05, 3.63) is 53.4 Å². The third kappa shape index (κ3) is 3.85. The van der Waals surface area contributed by atoms with Gasteiger partial charge in [0.1, 0.15) is 5.01 Å². The number of carbonyl (C=O) groups is 1. The fourth-order valence-electron chi connectivity index (χ4n) is 3.71. The summed E-state index contributed by atoms with van der Waals surface area (Å²) in [6.45, 7) is 4.18. The summed E-state index contributed by atoms with van der Waals surface area (Å²) in [5, 5.41) is 3.66. The van der Waals surface area contributed by atoms with Crippen molar-refractivity contribution in [3.63, 3.8) is 0 Å². The molecule has 4 aromatic rings. The van der Waals surface area contributed by atoms with Gasteiger partial charge in [0.05, 0.1) is 34.4 Å². The summed E-state index contributed by atoms with van der Waals surface area (Å²) in [6.07, 6.45) is 6.89. The second kappa shape index (κ2) is 8.53. The van der Waals surface area contributed by atoms with Gasteiger partial charge in [-0.2, -0.15) is 0 Å². The van der Waals surface area contributed by atoms with Gasteiger partial charge < -0.3 is 9.64 Å². The molecule has 164 valence electrons. The quantitative estimate of drug-likeness (QED) is 0.458. The van der Waals surface area contributed by atoms with Crippen LogP contribution in [0.5, 0.6) is 0 Å². The Balaban J connectivity index is 1.57. The number of nitrogens with zero attached hydrogens (tertiary/aromatic N) is 5. The molecule has 1 aliphatic heterocycles. The van der Waals surface area contributed by atoms with Crippen molar-refractivity contribution in [1.82, 2.24) is 24.4 Å². The van der Waals surface area contributed by atoms with Crippen LogP contribution in [-0.4, -0.2) is 67.1 Å². The van der Waals surface area contributed by atoms with Crippen molar-refractivity contribution in [3.8, 4) is 16.5 Å². The van der Waals surface area contributed by atoms with Crippen LogP contribution in [0.3, 0.4) is 0 Å². The molecular formula is C22H21N5O3S2. The first-order valence-corrected chi connectivity index (χ1v) is 12.6. The zero-order valence-corrected chi connectivity index (χ0v) is 19.3. The Morgan fingerprint density at radius 1 is 1.19 bits per heavy atom. The Bertz CT molecular complexity index is 1320. The summed E-state index contributed by atoms with van der Waals surface area (Å²) >= 11 is 1.54. The van der Waals surface area contributed by atoms with Crippen LogP contribution in [0, 0.1) is 6.92 Å². The molecule has 1 aromatic carbocycles. The van der Waals surface area contributed by atoms with E-state index in [1.54, 1.807) is 51.7 Å². The molecule has 10 heteroatoms. The molecule has 1 fully saturated rings. The summed E-state index contributed by atoms with van der Waals surface area (Å²) < 4.78 is 19.5. The lowest BCUT2D eigenvalue weighted by atomic mass is 10.1. The first-order valence-electron chi connectivity index (χ1n) is 10.1. The van der Waals surface area contributed by atoms with E-state index < -0.39 is 10.8 Å². The standard InChI is InChI=1S/C22H21N5O3S2/c1-14-13-31-20(25-14)16-10-23-22(24-11-16)27-12-19(32(2)29)17-4-3-15(9-18(17)27)21(28)26-5-7-30-8-6-26/h3-4,9-13H,5-8H2,1-2H3. The minimum Gasteiger partial charge on any atom is -0.378 e. The monoisotopic (exact) mass is 467 g/mol. The first-order chi connectivity index (χ1) is 15.5. The highest BCUT2D eigenvalue weighted by atomic mass is 32.2. The number of morpholine rings is 1. The molecule has 0 aliphatic carbocycles. The fourth-order valence-corrected chi connectivity index (χ4v) is 5.22. The highest BCUT2D eigenvalue weighted by Gasteiger charge is 2.21. The molecular weight excluding hydrogens is 446 g/mol. The molecule has 0 N–H and O–H groups in total. The van der Waals surface area contributed by atoms with Crippen LogP contribution >= 0.6 is 11.3 Å². The number of ether oxygens (including phenoxy) is 1. The largest absolute Gasteiger partial charge is 0.378 e. The minimum absolute atomic E-state index is 0.0440. The van der Waals surface area contributed by atoms with E-state index in [0.29, 0.717) is 42.7 Å². The van der Waals surface area contributed by atoms with Crippen molar-refractivity contribution in [2.75, 3.05) is 32.6 Å². The van der Waals surface area contributed by atoms with Crippen LogP contribution in [0.2, 0.25) is 0 Å². The molecule has 1 unspecified atom stereocenters. The van der Waals surface area contributed by atoms with Gasteiger partial charge >= 0.3 is 0 Å². The Morgan fingerprint density at radius 3 is 2.59 bits per heavy atom. The smallest absolute Gasteiger partial charge is 0.254 e. The average Bonchev–Trinajstić information content (AvgIpc) is 3.43. The third-order valence-electron chi connectivity index (χ3n) is 5.34. The van der Waals surface area contributed by atoms with Crippen LogP contribution in [0.15, 0.2) is 47.1 Å². The van der Waals surface area contributed by atoms with Crippen molar-refractivity contribution < 1.29 is 13.7 Å². The molecule has 32 heavy (non-hydrogen) atoms. The Labute approximate surface area is 191 Å². The lowest BCUT2D eigenvalue weighted by molar-refractivity contribution is 0.0303. The van der Waals surface area contributed by atoms with Gasteiger partial charge in [0.2, 0.25) is 5.95 Å². The van der Waals surface area contributed by atoms with E-state index in [0.717, 1.165) is 27.2 Å². The molecule has 1 atom stereocenters. The van der Waals surface area contributed by atoms with E-state index in [-0.39, 0.29) is 5.91 Å². The second-order valence-electron chi connectivity index (χ2n) is 7.52. The van der Waals surface area contributed by atoms with Gasteiger partial charge in [-0.25, -0.2) is 15.0 Å². The predicted octanol–water partition coefficient (Wildman–Crippen LogP) is 3.06. The van der Waals surface area contributed by atoms with Crippen LogP contribution < -0.4 is 0 Å². The van der Waals surface area contributed by atoms with Gasteiger partial charge in [-0.15, -0.1) is 11.3 Å². The molecule has 8 nitrogen and oxygen atoms in total. The maximum absolute atomic E-state index is 13.0. The number of thiazole rings is 1. The normalized spacial score (nSPS) is 15.2. The highest BCUT2D eigenvalue weighted by Crippen LogP contribution is 2.28. The summed E-state index contributed by atoms with van der Waals surface area (Å²) in [4.78, 5) is 29.0. The lowest BCUT2D eigenvalue weighted by Crippen LogP contribution is -2.40. The number of rotatable bonds is 4. The molecule has 1 aliphatic rings. The molecule has 0 radical (unpaired) electrons. The number of amides is 1. The van der Waals surface area contributed by atoms with E-state index in [1.807, 2.05) is 24.4 Å². The van der Waals surface area contributed by atoms with Crippen molar-refractivity contribution in [2.24, 2.45) is 0 Å². The molecule has 5 rings (SSSR count). The van der Waals surface area contributed by atoms with E-state index in [4.69, 9.17) is 4.74 Å². The maximum Gasteiger partial charge on any atom is 0.254 e. The molecule has 0 saturated carbocycles. The number of benzene rings is 1. The average molecular weight is 468 g/mol. The topological polar surface area (TPSA) is 90.2 Å². The maximum atomic E-state index is 13.0. The second-order valence-corrected chi connectivity index (χ2v) is 9.73. The van der Waals surface area contributed by atoms with Gasteiger partial charge in [0.15, 0.2) is 0 Å². The number of hydrogen-bond donors (Lipinski definition) is 0. The van der Waals surface area contributed by atoms with E-state index in [1.165, 1.54) is 0 Å². The van der Waals surface area contributed by atoms with Gasteiger partial charge in [-0.3, -0.25) is 13.6 Å². The zero-order valence-electron chi connectivity index (χ0n) is 17.6. The Morgan fingerprint density at radius 2 is 1.94 bits per heavy atom. The van der Waals surface area contributed by atoms with Gasteiger partial charge in [0.25, 0.3) is 5.91 Å². The molecule has 1 amide bonds. The van der Waals surface area contributed by atoms with E-state index in [9.17, 15) is 9.00 Å². The summed E-state index contributed by atoms with van der Waals surface area (Å²) in [7, 11) is -1.21. The molecule has 0 bridgehead atoms. The summed E-state index contributed by atoms with van der Waals surface area (Å²) in [5.74, 6) is 0.400. The zero-order chi connectivity index (χ0) is 22.2. The summed E-state index contributed by atoms with van der Waals surface area (Å²) in [5.41, 5.74) is 3.11. The summed E-state index contributed by atoms with van der Waals surface area (Å²) in [6, 6.07) is 5.46. The Kier molecular flexibility index (Phi) is 5.58. The van der Waals surface area contributed by atoms with Gasteiger partial charge in [-0.05, 0) is 19.1 Å². The van der Waals surface area contributed by atoms with Gasteiger partial charge in [0, 0.05) is 65.5 Å². The van der Waals surface area contributed by atoms with Crippen molar-refractivity contribution in [2.45, 2.75) is 11.8 Å². The highest BCUT2D eigenvalue weighted by molar-refractivity contribution is 7.84. The number of carbonyl (C=O) groups excluding carboxylic acids is 1. The minimum atomic E-state index is -1.21. The number of hydrogen-bond acceptors (Lipinski definition) is 7. The Hall–Kier alpha value is -2.95. The molecule has 4 heterocycles. The number of aryl methyl sites for hydroxylation is 1. The number of fused-ring (bicyclic) bond motifs is 1. The third-order valence-corrected chi connectivity index (χ3v) is 7.30. The van der Waals surface area contributed by atoms with Crippen LogP contribution in [0.25, 0.3) is 27.4 Å². The van der Waals surface area contributed by atoms with Crippen LogP contribution in [-0.2, 0) is 15.5 Å². The molecule has 3 aromatic heterocycles. The van der Waals surface area contributed by atoms with Crippen LogP contribution in [0.1, 0.15) is 16.1 Å². The van der Waals surface area contributed by atoms with E-state index in [2.05, 4.69) is 15.0 Å². The lowest BCUT2D eigenvalue weighted by Gasteiger charge is -2.26. The van der Waals surface area contributed by atoms with Crippen molar-refractivity contribution >= 4 is 38.9 Å². The molecule has 0 spiro atoms. The SMILES string of the molecule is Cc1csc(-c2cnc(-n3cc(S(C)=O)c4ccc(C(=O)N5CCOCC5)cc43)nc2)n1. The van der Waals surface area contributed by atoms with Crippen molar-refractivity contribution in [1.29, 1.82) is 0 Å². The number of aromatic nitrogens is 4. The molecule has 1 saturated heterocycles. The fraction of sp³-hybridized carbons (Fsp3) is 0.273. The first kappa shape index (κ1) is 20.9. The predicted molar refractivity (Wildman–Crippen MR) is 124 cm³/mol. The van der Waals surface area contributed by atoms with E-state index >= 15 is 0 Å². The van der Waals surface area contributed by atoms with Gasteiger partial charge in [-0.1, -0.05) is 6.07 Å².